The number of carbonyl (C=O) groups excluding carboxylic acids is 1. The van der Waals surface area contributed by atoms with E-state index in [1.807, 2.05) is 48.3 Å². The van der Waals surface area contributed by atoms with Gasteiger partial charge in [0.15, 0.2) is 0 Å². The van der Waals surface area contributed by atoms with E-state index < -0.39 is 0 Å². The van der Waals surface area contributed by atoms with Gasteiger partial charge >= 0.3 is 0 Å². The zero-order valence-corrected chi connectivity index (χ0v) is 18.2. The highest BCUT2D eigenvalue weighted by Crippen LogP contribution is 2.42. The number of hydrogen-bond acceptors (Lipinski definition) is 2. The molecule has 0 N–H and O–H groups in total. The smallest absolute Gasteiger partial charge is 0.248 e. The molecule has 1 aliphatic rings. The molecule has 3 heteroatoms. The molecule has 32 heavy (non-hydrogen) atoms. The minimum absolute atomic E-state index is 0.0919. The fraction of sp³-hybridized carbons (Fsp3) is 0.138. The summed E-state index contributed by atoms with van der Waals surface area (Å²) in [5.74, 6) is 0.0919. The van der Waals surface area contributed by atoms with Crippen molar-refractivity contribution in [2.24, 2.45) is 0 Å². The lowest BCUT2D eigenvalue weighted by molar-refractivity contribution is -0.124. The molecule has 5 rings (SSSR count). The molecule has 0 saturated heterocycles. The summed E-state index contributed by atoms with van der Waals surface area (Å²) < 4.78 is 0. The normalized spacial score (nSPS) is 15.2. The lowest BCUT2D eigenvalue weighted by Crippen LogP contribution is -2.40. The number of likely N-dealkylation sites (N-methyl/N-ethyl adjacent to an activating group) is 1. The molecule has 4 aromatic rings. The van der Waals surface area contributed by atoms with Crippen LogP contribution in [0.4, 0.5) is 5.69 Å². The molecule has 0 radical (unpaired) electrons. The molecule has 0 aliphatic carbocycles. The number of rotatable bonds is 5. The summed E-state index contributed by atoms with van der Waals surface area (Å²) in [5, 5.41) is 0. The van der Waals surface area contributed by atoms with Crippen molar-refractivity contribution in [3.63, 3.8) is 0 Å². The summed E-state index contributed by atoms with van der Waals surface area (Å²) in [6.45, 7) is 1.37. The first-order chi connectivity index (χ1) is 15.7. The van der Waals surface area contributed by atoms with E-state index in [2.05, 4.69) is 77.7 Å². The highest BCUT2D eigenvalue weighted by Gasteiger charge is 2.36. The van der Waals surface area contributed by atoms with E-state index >= 15 is 0 Å². The highest BCUT2D eigenvalue weighted by atomic mass is 16.2. The van der Waals surface area contributed by atoms with Crippen molar-refractivity contribution < 1.29 is 4.79 Å². The van der Waals surface area contributed by atoms with Gasteiger partial charge in [-0.25, -0.2) is 0 Å². The Labute approximate surface area is 189 Å². The molecule has 1 unspecified atom stereocenters. The maximum absolute atomic E-state index is 14.0. The van der Waals surface area contributed by atoms with Gasteiger partial charge in [0.1, 0.15) is 6.04 Å². The third kappa shape index (κ3) is 3.83. The summed E-state index contributed by atoms with van der Waals surface area (Å²) in [5.41, 5.74) is 6.61. The van der Waals surface area contributed by atoms with Crippen molar-refractivity contribution in [3.05, 3.63) is 126 Å². The third-order valence-electron chi connectivity index (χ3n) is 6.20. The van der Waals surface area contributed by atoms with Crippen LogP contribution in [-0.4, -0.2) is 17.9 Å². The third-order valence-corrected chi connectivity index (χ3v) is 6.20. The first kappa shape index (κ1) is 20.2. The van der Waals surface area contributed by atoms with E-state index in [0.29, 0.717) is 13.1 Å². The topological polar surface area (TPSA) is 23.6 Å². The molecule has 0 spiro atoms. The Hall–Kier alpha value is -3.69. The quantitative estimate of drug-likeness (QED) is 0.392. The molecule has 0 fully saturated rings. The molecule has 0 saturated carbocycles. The molecule has 1 aliphatic heterocycles. The zero-order valence-electron chi connectivity index (χ0n) is 18.2. The Morgan fingerprint density at radius 1 is 0.656 bits per heavy atom. The molecular formula is C29H26N2O. The second kappa shape index (κ2) is 8.81. The Kier molecular flexibility index (Phi) is 5.57. The van der Waals surface area contributed by atoms with Crippen molar-refractivity contribution in [3.8, 4) is 11.1 Å². The molecule has 1 heterocycles. The van der Waals surface area contributed by atoms with Gasteiger partial charge in [-0.1, -0.05) is 103 Å². The molecule has 1 atom stereocenters. The minimum Gasteiger partial charge on any atom is -0.313 e. The Morgan fingerprint density at radius 2 is 1.16 bits per heavy atom. The average molecular weight is 419 g/mol. The van der Waals surface area contributed by atoms with Crippen LogP contribution >= 0.6 is 0 Å². The van der Waals surface area contributed by atoms with E-state index in [1.165, 1.54) is 11.1 Å². The van der Waals surface area contributed by atoms with Crippen LogP contribution in [0.1, 0.15) is 22.7 Å². The lowest BCUT2D eigenvalue weighted by Gasteiger charge is -2.33. The van der Waals surface area contributed by atoms with Crippen LogP contribution in [-0.2, 0) is 17.9 Å². The van der Waals surface area contributed by atoms with Crippen LogP contribution in [0.5, 0.6) is 0 Å². The van der Waals surface area contributed by atoms with Crippen molar-refractivity contribution in [1.82, 2.24) is 4.90 Å². The fourth-order valence-corrected chi connectivity index (χ4v) is 4.64. The standard InChI is InChI=1S/C29H26N2O/c1-30-27-19-11-10-17-25(27)24-16-8-9-18-26(24)28(29(30)32)31(20-22-12-4-2-5-13-22)21-23-14-6-3-7-15-23/h2-19,28H,20-21H2,1H3. The lowest BCUT2D eigenvalue weighted by atomic mass is 9.94. The summed E-state index contributed by atoms with van der Waals surface area (Å²) in [4.78, 5) is 18.1. The molecule has 0 bridgehead atoms. The van der Waals surface area contributed by atoms with Crippen molar-refractivity contribution in [2.75, 3.05) is 11.9 Å². The number of carbonyl (C=O) groups is 1. The molecule has 0 aromatic heterocycles. The van der Waals surface area contributed by atoms with E-state index in [-0.39, 0.29) is 11.9 Å². The predicted octanol–water partition coefficient (Wildman–Crippen LogP) is 6.07. The average Bonchev–Trinajstić information content (AvgIpc) is 2.94. The van der Waals surface area contributed by atoms with Gasteiger partial charge in [-0.2, -0.15) is 0 Å². The highest BCUT2D eigenvalue weighted by molar-refractivity contribution is 6.04. The summed E-state index contributed by atoms with van der Waals surface area (Å²) >= 11 is 0. The maximum Gasteiger partial charge on any atom is 0.248 e. The molecule has 1 amide bonds. The van der Waals surface area contributed by atoms with Crippen molar-refractivity contribution in [1.29, 1.82) is 0 Å². The first-order valence-electron chi connectivity index (χ1n) is 11.0. The summed E-state index contributed by atoms with van der Waals surface area (Å²) in [6.07, 6.45) is 0. The van der Waals surface area contributed by atoms with Gasteiger partial charge in [0.05, 0.1) is 5.69 Å². The monoisotopic (exact) mass is 418 g/mol. The van der Waals surface area contributed by atoms with Crippen LogP contribution < -0.4 is 4.90 Å². The van der Waals surface area contributed by atoms with Crippen LogP contribution in [0.25, 0.3) is 11.1 Å². The van der Waals surface area contributed by atoms with E-state index in [9.17, 15) is 4.79 Å². The van der Waals surface area contributed by atoms with Crippen LogP contribution in [0.3, 0.4) is 0 Å². The van der Waals surface area contributed by atoms with E-state index in [1.54, 1.807) is 0 Å². The SMILES string of the molecule is CN1C(=O)C(N(Cc2ccccc2)Cc2ccccc2)c2ccccc2-c2ccccc21. The van der Waals surface area contributed by atoms with E-state index in [4.69, 9.17) is 0 Å². The second-order valence-electron chi connectivity index (χ2n) is 8.28. The predicted molar refractivity (Wildman–Crippen MR) is 130 cm³/mol. The number of hydrogen-bond donors (Lipinski definition) is 0. The summed E-state index contributed by atoms with van der Waals surface area (Å²) in [6, 6.07) is 36.9. The Bertz CT molecular complexity index is 1180. The van der Waals surface area contributed by atoms with Gasteiger partial charge < -0.3 is 4.90 Å². The number of nitrogens with zero attached hydrogens (tertiary/aromatic N) is 2. The number of para-hydroxylation sites is 1. The molecule has 4 aromatic carbocycles. The van der Waals surface area contributed by atoms with E-state index in [0.717, 1.165) is 22.4 Å². The maximum atomic E-state index is 14.0. The van der Waals surface area contributed by atoms with Crippen molar-refractivity contribution in [2.45, 2.75) is 19.1 Å². The number of amides is 1. The summed E-state index contributed by atoms with van der Waals surface area (Å²) in [7, 11) is 1.89. The van der Waals surface area contributed by atoms with Gasteiger partial charge in [-0.05, 0) is 28.3 Å². The number of benzene rings is 4. The van der Waals surface area contributed by atoms with Gasteiger partial charge in [0, 0.05) is 25.7 Å². The minimum atomic E-state index is -0.385. The van der Waals surface area contributed by atoms with Crippen LogP contribution in [0.2, 0.25) is 0 Å². The fourth-order valence-electron chi connectivity index (χ4n) is 4.64. The number of anilines is 1. The van der Waals surface area contributed by atoms with Gasteiger partial charge in [-0.3, -0.25) is 9.69 Å². The molecule has 3 nitrogen and oxygen atoms in total. The Balaban J connectivity index is 1.65. The van der Waals surface area contributed by atoms with Crippen molar-refractivity contribution >= 4 is 11.6 Å². The van der Waals surface area contributed by atoms with Gasteiger partial charge in [0.25, 0.3) is 0 Å². The van der Waals surface area contributed by atoms with Crippen LogP contribution in [0, 0.1) is 0 Å². The molecule has 158 valence electrons. The van der Waals surface area contributed by atoms with Gasteiger partial charge in [0.2, 0.25) is 5.91 Å². The van der Waals surface area contributed by atoms with Crippen LogP contribution in [0.15, 0.2) is 109 Å². The Morgan fingerprint density at radius 3 is 1.78 bits per heavy atom. The largest absolute Gasteiger partial charge is 0.313 e. The zero-order chi connectivity index (χ0) is 21.9. The number of fused-ring (bicyclic) bond motifs is 3. The first-order valence-corrected chi connectivity index (χ1v) is 11.0. The second-order valence-corrected chi connectivity index (χ2v) is 8.28. The molecular weight excluding hydrogens is 392 g/mol. The van der Waals surface area contributed by atoms with Gasteiger partial charge in [-0.15, -0.1) is 0 Å².